The highest BCUT2D eigenvalue weighted by atomic mass is 16.7. The molecule has 1 rings (SSSR count). The zero-order valence-corrected chi connectivity index (χ0v) is 7.21. The van der Waals surface area contributed by atoms with Crippen molar-refractivity contribution in [2.45, 2.75) is 32.2 Å². The van der Waals surface area contributed by atoms with Crippen molar-refractivity contribution in [1.82, 2.24) is 0 Å². The number of rotatable bonds is 3. The molecular weight excluding hydrogens is 144 g/mol. The van der Waals surface area contributed by atoms with Gasteiger partial charge in [-0.15, -0.1) is 0 Å². The molecule has 66 valence electrons. The minimum atomic E-state index is 0.00593. The normalized spacial score (nSPS) is 32.2. The van der Waals surface area contributed by atoms with Gasteiger partial charge in [0, 0.05) is 7.11 Å². The van der Waals surface area contributed by atoms with Crippen LogP contribution < -0.4 is 0 Å². The molecule has 0 aromatic carbocycles. The van der Waals surface area contributed by atoms with Gasteiger partial charge in [0.1, 0.15) is 6.10 Å². The van der Waals surface area contributed by atoms with Gasteiger partial charge in [-0.05, 0) is 6.42 Å². The Kier molecular flexibility index (Phi) is 3.83. The fourth-order valence-electron chi connectivity index (χ4n) is 1.06. The van der Waals surface area contributed by atoms with Gasteiger partial charge in [0.25, 0.3) is 0 Å². The number of hydrogen-bond donors (Lipinski definition) is 0. The van der Waals surface area contributed by atoms with Gasteiger partial charge in [-0.3, -0.25) is 0 Å². The van der Waals surface area contributed by atoms with E-state index in [1.165, 1.54) is 0 Å². The predicted octanol–water partition coefficient (Wildman–Crippen LogP) is 1.17. The van der Waals surface area contributed by atoms with E-state index in [4.69, 9.17) is 14.2 Å². The summed E-state index contributed by atoms with van der Waals surface area (Å²) in [6.45, 7) is 3.46. The Morgan fingerprint density at radius 2 is 2.00 bits per heavy atom. The van der Waals surface area contributed by atoms with Crippen molar-refractivity contribution in [3.63, 3.8) is 0 Å². The summed E-state index contributed by atoms with van der Waals surface area (Å²) in [4.78, 5) is 0. The van der Waals surface area contributed by atoms with Gasteiger partial charge >= 0.3 is 0 Å². The third kappa shape index (κ3) is 2.77. The summed E-state index contributed by atoms with van der Waals surface area (Å²) < 4.78 is 15.8. The van der Waals surface area contributed by atoms with Crippen molar-refractivity contribution in [1.29, 1.82) is 0 Å². The molecular formula is C8H16O3. The average molecular weight is 160 g/mol. The van der Waals surface area contributed by atoms with Crippen molar-refractivity contribution in [2.75, 3.05) is 20.3 Å². The van der Waals surface area contributed by atoms with Gasteiger partial charge in [-0.25, -0.2) is 0 Å². The third-order valence-corrected chi connectivity index (χ3v) is 1.79. The van der Waals surface area contributed by atoms with Crippen LogP contribution in [0.3, 0.4) is 0 Å². The van der Waals surface area contributed by atoms with Gasteiger partial charge in [0.05, 0.1) is 13.2 Å². The number of ether oxygens (including phenoxy) is 3. The Balaban J connectivity index is 2.14. The molecule has 3 heteroatoms. The molecule has 1 fully saturated rings. The van der Waals surface area contributed by atoms with Crippen molar-refractivity contribution in [3.8, 4) is 0 Å². The molecule has 0 aliphatic carbocycles. The molecule has 1 saturated heterocycles. The Labute approximate surface area is 67.6 Å². The zero-order chi connectivity index (χ0) is 8.10. The first kappa shape index (κ1) is 8.97. The summed E-state index contributed by atoms with van der Waals surface area (Å²) in [6, 6.07) is 0. The van der Waals surface area contributed by atoms with Crippen molar-refractivity contribution in [3.05, 3.63) is 0 Å². The lowest BCUT2D eigenvalue weighted by molar-refractivity contribution is -0.223. The first-order valence-electron chi connectivity index (χ1n) is 4.12. The monoisotopic (exact) mass is 160 g/mol. The highest BCUT2D eigenvalue weighted by Crippen LogP contribution is 2.11. The van der Waals surface area contributed by atoms with Crippen LogP contribution in [0.4, 0.5) is 0 Å². The van der Waals surface area contributed by atoms with E-state index < -0.39 is 0 Å². The SMILES string of the molecule is CCCC1OCC(OC)CO1. The molecule has 0 amide bonds. The van der Waals surface area contributed by atoms with Crippen molar-refractivity contribution in [2.24, 2.45) is 0 Å². The fourth-order valence-corrected chi connectivity index (χ4v) is 1.06. The van der Waals surface area contributed by atoms with E-state index in [0.29, 0.717) is 13.2 Å². The average Bonchev–Trinajstić information content (AvgIpc) is 2.07. The maximum absolute atomic E-state index is 5.37. The quantitative estimate of drug-likeness (QED) is 0.620. The number of hydrogen-bond acceptors (Lipinski definition) is 3. The first-order valence-corrected chi connectivity index (χ1v) is 4.12. The molecule has 0 aromatic heterocycles. The Morgan fingerprint density at radius 3 is 2.45 bits per heavy atom. The van der Waals surface area contributed by atoms with Crippen LogP contribution in [0.2, 0.25) is 0 Å². The highest BCUT2D eigenvalue weighted by molar-refractivity contribution is 4.61. The molecule has 0 unspecified atom stereocenters. The summed E-state index contributed by atoms with van der Waals surface area (Å²) in [5, 5.41) is 0. The summed E-state index contributed by atoms with van der Waals surface area (Å²) in [5.74, 6) is 0. The Bertz CT molecular complexity index is 97.5. The standard InChI is InChI=1S/C8H16O3/c1-3-4-8-10-5-7(9-2)6-11-8/h7-8H,3-6H2,1-2H3. The molecule has 1 aliphatic heterocycles. The second kappa shape index (κ2) is 4.70. The van der Waals surface area contributed by atoms with Crippen LogP contribution in [-0.4, -0.2) is 32.7 Å². The lowest BCUT2D eigenvalue weighted by Gasteiger charge is -2.28. The van der Waals surface area contributed by atoms with E-state index in [9.17, 15) is 0 Å². The minimum absolute atomic E-state index is 0.00593. The molecule has 1 aliphatic rings. The topological polar surface area (TPSA) is 27.7 Å². The molecule has 11 heavy (non-hydrogen) atoms. The fraction of sp³-hybridized carbons (Fsp3) is 1.00. The smallest absolute Gasteiger partial charge is 0.157 e. The van der Waals surface area contributed by atoms with Crippen LogP contribution in [0.1, 0.15) is 19.8 Å². The van der Waals surface area contributed by atoms with Crippen LogP contribution in [0.15, 0.2) is 0 Å². The zero-order valence-electron chi connectivity index (χ0n) is 7.21. The minimum Gasteiger partial charge on any atom is -0.377 e. The van der Waals surface area contributed by atoms with Gasteiger partial charge < -0.3 is 14.2 Å². The summed E-state index contributed by atoms with van der Waals surface area (Å²) in [7, 11) is 1.68. The van der Waals surface area contributed by atoms with Crippen LogP contribution in [0.5, 0.6) is 0 Å². The molecule has 0 radical (unpaired) electrons. The van der Waals surface area contributed by atoms with E-state index in [0.717, 1.165) is 12.8 Å². The summed E-state index contributed by atoms with van der Waals surface area (Å²) in [6.07, 6.45) is 2.22. The maximum atomic E-state index is 5.37. The van der Waals surface area contributed by atoms with Crippen LogP contribution in [-0.2, 0) is 14.2 Å². The van der Waals surface area contributed by atoms with E-state index in [1.807, 2.05) is 0 Å². The molecule has 0 spiro atoms. The van der Waals surface area contributed by atoms with E-state index in [2.05, 4.69) is 6.92 Å². The van der Waals surface area contributed by atoms with Gasteiger partial charge in [-0.2, -0.15) is 0 Å². The van der Waals surface area contributed by atoms with Crippen LogP contribution in [0, 0.1) is 0 Å². The molecule has 0 N–H and O–H groups in total. The highest BCUT2D eigenvalue weighted by Gasteiger charge is 2.20. The largest absolute Gasteiger partial charge is 0.377 e. The van der Waals surface area contributed by atoms with Gasteiger partial charge in [0.15, 0.2) is 6.29 Å². The molecule has 1 heterocycles. The van der Waals surface area contributed by atoms with Crippen LogP contribution >= 0.6 is 0 Å². The summed E-state index contributed by atoms with van der Waals surface area (Å²) in [5.41, 5.74) is 0. The van der Waals surface area contributed by atoms with Gasteiger partial charge in [0.2, 0.25) is 0 Å². The second-order valence-corrected chi connectivity index (χ2v) is 2.74. The summed E-state index contributed by atoms with van der Waals surface area (Å²) >= 11 is 0. The molecule has 0 saturated carbocycles. The first-order chi connectivity index (χ1) is 5.36. The van der Waals surface area contributed by atoms with E-state index >= 15 is 0 Å². The predicted molar refractivity (Wildman–Crippen MR) is 41.4 cm³/mol. The Hall–Kier alpha value is -0.120. The molecule has 0 atom stereocenters. The lowest BCUT2D eigenvalue weighted by atomic mass is 10.3. The molecule has 0 aromatic rings. The van der Waals surface area contributed by atoms with Crippen molar-refractivity contribution >= 4 is 0 Å². The van der Waals surface area contributed by atoms with Crippen LogP contribution in [0.25, 0.3) is 0 Å². The Morgan fingerprint density at radius 1 is 1.36 bits per heavy atom. The third-order valence-electron chi connectivity index (χ3n) is 1.79. The van der Waals surface area contributed by atoms with Crippen molar-refractivity contribution < 1.29 is 14.2 Å². The molecule has 3 nitrogen and oxygen atoms in total. The lowest BCUT2D eigenvalue weighted by Crippen LogP contribution is -2.36. The van der Waals surface area contributed by atoms with E-state index in [-0.39, 0.29) is 12.4 Å². The second-order valence-electron chi connectivity index (χ2n) is 2.74. The van der Waals surface area contributed by atoms with Gasteiger partial charge in [-0.1, -0.05) is 13.3 Å². The number of methoxy groups -OCH3 is 1. The maximum Gasteiger partial charge on any atom is 0.157 e. The van der Waals surface area contributed by atoms with E-state index in [1.54, 1.807) is 7.11 Å². The molecule has 0 bridgehead atoms.